The van der Waals surface area contributed by atoms with Crippen LogP contribution in [0.4, 0.5) is 5.95 Å². The Labute approximate surface area is 151 Å². The van der Waals surface area contributed by atoms with Crippen molar-refractivity contribution in [3.05, 3.63) is 56.4 Å². The average molecular weight is 356 g/mol. The molecular formula is C19H24N4O3. The number of aromatic nitrogens is 3. The van der Waals surface area contributed by atoms with Crippen molar-refractivity contribution in [1.82, 2.24) is 14.5 Å². The maximum atomic E-state index is 12.4. The van der Waals surface area contributed by atoms with Gasteiger partial charge in [0.1, 0.15) is 0 Å². The highest BCUT2D eigenvalue weighted by atomic mass is 16.5. The average Bonchev–Trinajstić information content (AvgIpc) is 3.47. The molecule has 2 heterocycles. The molecule has 1 aliphatic carbocycles. The molecule has 2 aromatic rings. The summed E-state index contributed by atoms with van der Waals surface area (Å²) in [6.45, 7) is 3.12. The zero-order valence-electron chi connectivity index (χ0n) is 14.9. The lowest BCUT2D eigenvalue weighted by Crippen LogP contribution is -2.42. The van der Waals surface area contributed by atoms with Crippen LogP contribution in [0.5, 0.6) is 0 Å². The third-order valence-electron chi connectivity index (χ3n) is 5.23. The summed E-state index contributed by atoms with van der Waals surface area (Å²) in [4.78, 5) is 31.6. The Balaban J connectivity index is 1.53. The molecule has 138 valence electrons. The lowest BCUT2D eigenvalue weighted by molar-refractivity contribution is 0.0670. The molecule has 1 aliphatic heterocycles. The Morgan fingerprint density at radius 2 is 2.00 bits per heavy atom. The van der Waals surface area contributed by atoms with E-state index in [-0.39, 0.29) is 18.0 Å². The lowest BCUT2D eigenvalue weighted by atomic mass is 10.0. The fourth-order valence-electron chi connectivity index (χ4n) is 3.55. The number of aromatic amines is 1. The molecule has 0 bridgehead atoms. The predicted molar refractivity (Wildman–Crippen MR) is 98.7 cm³/mol. The van der Waals surface area contributed by atoms with Gasteiger partial charge >= 0.3 is 11.4 Å². The number of benzene rings is 1. The van der Waals surface area contributed by atoms with Crippen LogP contribution in [0, 0.1) is 0 Å². The minimum Gasteiger partial charge on any atom is -0.381 e. The van der Waals surface area contributed by atoms with Crippen LogP contribution in [0.3, 0.4) is 0 Å². The highest BCUT2D eigenvalue weighted by Gasteiger charge is 2.24. The number of nitrogens with zero attached hydrogens (tertiary/aromatic N) is 2. The first-order chi connectivity index (χ1) is 12.6. The number of ether oxygens (including phenoxy) is 1. The summed E-state index contributed by atoms with van der Waals surface area (Å²) in [7, 11) is 0. The van der Waals surface area contributed by atoms with E-state index < -0.39 is 11.4 Å². The minimum atomic E-state index is -0.512. The maximum Gasteiger partial charge on any atom is 0.355 e. The van der Waals surface area contributed by atoms with Crippen LogP contribution in [0.2, 0.25) is 0 Å². The van der Waals surface area contributed by atoms with Crippen LogP contribution in [-0.4, -0.2) is 27.7 Å². The van der Waals surface area contributed by atoms with Gasteiger partial charge in [0.2, 0.25) is 5.95 Å². The van der Waals surface area contributed by atoms with E-state index in [0.717, 1.165) is 5.56 Å². The number of anilines is 1. The quantitative estimate of drug-likeness (QED) is 0.858. The molecule has 1 saturated heterocycles. The van der Waals surface area contributed by atoms with Crippen molar-refractivity contribution in [3.63, 3.8) is 0 Å². The molecule has 0 radical (unpaired) electrons. The second-order valence-electron chi connectivity index (χ2n) is 7.20. The molecule has 26 heavy (non-hydrogen) atoms. The molecule has 2 fully saturated rings. The van der Waals surface area contributed by atoms with E-state index in [0.29, 0.717) is 32.0 Å². The first kappa shape index (κ1) is 17.0. The van der Waals surface area contributed by atoms with E-state index in [9.17, 15) is 9.59 Å². The van der Waals surface area contributed by atoms with Crippen molar-refractivity contribution in [1.29, 1.82) is 0 Å². The van der Waals surface area contributed by atoms with Crippen molar-refractivity contribution in [3.8, 4) is 0 Å². The second kappa shape index (κ2) is 7.07. The summed E-state index contributed by atoms with van der Waals surface area (Å²) in [5, 5.41) is 3.15. The number of hydrogen-bond donors (Lipinski definition) is 2. The molecule has 2 N–H and O–H groups in total. The molecule has 1 aromatic carbocycles. The number of hydrogen-bond acceptors (Lipinski definition) is 5. The fraction of sp³-hybridized carbons (Fsp3) is 0.526. The summed E-state index contributed by atoms with van der Waals surface area (Å²) in [6, 6.07) is 8.25. The Hall–Kier alpha value is -2.41. The van der Waals surface area contributed by atoms with Crippen molar-refractivity contribution in [2.75, 3.05) is 18.5 Å². The molecule has 2 aliphatic rings. The number of H-pyrrole nitrogens is 1. The Kier molecular flexibility index (Phi) is 4.63. The molecule has 1 aromatic heterocycles. The van der Waals surface area contributed by atoms with Gasteiger partial charge in [0.25, 0.3) is 0 Å². The highest BCUT2D eigenvalue weighted by molar-refractivity contribution is 5.35. The number of nitrogens with one attached hydrogen (secondary N) is 2. The molecule has 0 amide bonds. The van der Waals surface area contributed by atoms with E-state index in [4.69, 9.17) is 4.74 Å². The smallest absolute Gasteiger partial charge is 0.355 e. The lowest BCUT2D eigenvalue weighted by Gasteiger charge is -2.23. The molecule has 0 spiro atoms. The normalized spacial score (nSPS) is 19.3. The van der Waals surface area contributed by atoms with Crippen molar-refractivity contribution in [2.45, 2.75) is 50.6 Å². The Bertz CT molecular complexity index is 863. The second-order valence-corrected chi connectivity index (χ2v) is 7.20. The van der Waals surface area contributed by atoms with Crippen LogP contribution >= 0.6 is 0 Å². The maximum absolute atomic E-state index is 12.4. The molecule has 4 rings (SSSR count). The Morgan fingerprint density at radius 3 is 2.69 bits per heavy atom. The van der Waals surface area contributed by atoms with Gasteiger partial charge in [-0.2, -0.15) is 4.98 Å². The summed E-state index contributed by atoms with van der Waals surface area (Å²) >= 11 is 0. The van der Waals surface area contributed by atoms with Crippen molar-refractivity contribution < 1.29 is 4.74 Å². The number of rotatable bonds is 5. The summed E-state index contributed by atoms with van der Waals surface area (Å²) in [6.07, 6.45) is 3.82. The molecule has 0 unspecified atom stereocenters. The van der Waals surface area contributed by atoms with Gasteiger partial charge in [-0.1, -0.05) is 24.3 Å². The van der Waals surface area contributed by atoms with Crippen molar-refractivity contribution >= 4 is 5.95 Å². The van der Waals surface area contributed by atoms with E-state index >= 15 is 0 Å². The SMILES string of the molecule is C[C@@H](Nc1nc(=O)n(C2CCOCC2)c(=O)[nH]1)c1cccc(C2CC2)c1. The van der Waals surface area contributed by atoms with Gasteiger partial charge in [0.05, 0.1) is 6.04 Å². The first-order valence-corrected chi connectivity index (χ1v) is 9.29. The molecule has 7 heteroatoms. The minimum absolute atomic E-state index is 0.0600. The van der Waals surface area contributed by atoms with E-state index in [1.807, 2.05) is 13.0 Å². The fourth-order valence-corrected chi connectivity index (χ4v) is 3.55. The van der Waals surface area contributed by atoms with Gasteiger partial charge in [0, 0.05) is 19.3 Å². The topological polar surface area (TPSA) is 89.0 Å². The zero-order valence-corrected chi connectivity index (χ0v) is 14.9. The van der Waals surface area contributed by atoms with Gasteiger partial charge < -0.3 is 10.1 Å². The summed E-state index contributed by atoms with van der Waals surface area (Å²) in [5.41, 5.74) is 1.54. The predicted octanol–water partition coefficient (Wildman–Crippen LogP) is 2.33. The highest BCUT2D eigenvalue weighted by Crippen LogP contribution is 2.40. The van der Waals surface area contributed by atoms with Gasteiger partial charge in [0.15, 0.2) is 0 Å². The van der Waals surface area contributed by atoms with Crippen LogP contribution < -0.4 is 16.7 Å². The monoisotopic (exact) mass is 356 g/mol. The summed E-state index contributed by atoms with van der Waals surface area (Å²) in [5.74, 6) is 0.899. The zero-order chi connectivity index (χ0) is 18.1. The van der Waals surface area contributed by atoms with Gasteiger partial charge in [-0.3, -0.25) is 4.98 Å². The van der Waals surface area contributed by atoms with Gasteiger partial charge in [-0.05, 0) is 49.7 Å². The van der Waals surface area contributed by atoms with Crippen LogP contribution in [0.15, 0.2) is 33.9 Å². The largest absolute Gasteiger partial charge is 0.381 e. The molecule has 7 nitrogen and oxygen atoms in total. The van der Waals surface area contributed by atoms with Crippen LogP contribution in [0.1, 0.15) is 61.7 Å². The van der Waals surface area contributed by atoms with Crippen LogP contribution in [-0.2, 0) is 4.74 Å². The van der Waals surface area contributed by atoms with E-state index in [1.165, 1.54) is 23.0 Å². The first-order valence-electron chi connectivity index (χ1n) is 9.29. The van der Waals surface area contributed by atoms with Gasteiger partial charge in [-0.25, -0.2) is 14.2 Å². The van der Waals surface area contributed by atoms with Crippen LogP contribution in [0.25, 0.3) is 0 Å². The molecule has 1 saturated carbocycles. The Morgan fingerprint density at radius 1 is 1.23 bits per heavy atom. The third-order valence-corrected chi connectivity index (χ3v) is 5.23. The molecular weight excluding hydrogens is 332 g/mol. The summed E-state index contributed by atoms with van der Waals surface area (Å²) < 4.78 is 6.51. The van der Waals surface area contributed by atoms with Gasteiger partial charge in [-0.15, -0.1) is 0 Å². The standard InChI is InChI=1S/C19H24N4O3/c1-12(14-3-2-4-15(11-14)13-5-6-13)20-17-21-18(24)23(19(25)22-17)16-7-9-26-10-8-16/h2-4,11-13,16H,5-10H2,1H3,(H2,20,21,22,24,25)/t12-/m1/s1. The van der Waals surface area contributed by atoms with E-state index in [2.05, 4.69) is 33.5 Å². The molecule has 1 atom stereocenters. The van der Waals surface area contributed by atoms with E-state index in [1.54, 1.807) is 0 Å². The third kappa shape index (κ3) is 3.58. The van der Waals surface area contributed by atoms with Crippen molar-refractivity contribution in [2.24, 2.45) is 0 Å².